The van der Waals surface area contributed by atoms with Crippen LogP contribution in [0.15, 0.2) is 34.5 Å². The van der Waals surface area contributed by atoms with Crippen LogP contribution in [0.5, 0.6) is 0 Å². The fourth-order valence-corrected chi connectivity index (χ4v) is 3.74. The second kappa shape index (κ2) is 6.43. The molecular weight excluding hydrogens is 294 g/mol. The highest BCUT2D eigenvalue weighted by Crippen LogP contribution is 2.13. The quantitative estimate of drug-likeness (QED) is 0.880. The van der Waals surface area contributed by atoms with E-state index in [9.17, 15) is 8.42 Å². The first-order chi connectivity index (χ1) is 9.47. The summed E-state index contributed by atoms with van der Waals surface area (Å²) in [5.74, 6) is 0.0631. The highest BCUT2D eigenvalue weighted by atomic mass is 32.2. The van der Waals surface area contributed by atoms with E-state index in [1.54, 1.807) is 12.1 Å². The van der Waals surface area contributed by atoms with E-state index in [0.29, 0.717) is 11.4 Å². The van der Waals surface area contributed by atoms with Crippen LogP contribution in [-0.4, -0.2) is 29.8 Å². The number of sulfone groups is 1. The van der Waals surface area contributed by atoms with E-state index in [1.807, 2.05) is 31.4 Å². The van der Waals surface area contributed by atoms with Crippen LogP contribution in [0, 0.1) is 6.92 Å². The van der Waals surface area contributed by atoms with Gasteiger partial charge in [0, 0.05) is 18.0 Å². The summed E-state index contributed by atoms with van der Waals surface area (Å²) >= 11 is 1.28. The van der Waals surface area contributed by atoms with Crippen LogP contribution in [0.25, 0.3) is 0 Å². The Kier molecular flexibility index (Phi) is 4.85. The number of nitrogens with one attached hydrogen (secondary N) is 1. The lowest BCUT2D eigenvalue weighted by Crippen LogP contribution is -2.32. The van der Waals surface area contributed by atoms with Gasteiger partial charge in [0.2, 0.25) is 0 Å². The zero-order valence-electron chi connectivity index (χ0n) is 11.4. The second-order valence-corrected chi connectivity index (χ2v) is 7.42. The molecule has 1 heterocycles. The Balaban J connectivity index is 1.95. The van der Waals surface area contributed by atoms with Crippen LogP contribution >= 0.6 is 11.5 Å². The van der Waals surface area contributed by atoms with Crippen molar-refractivity contribution >= 4 is 21.4 Å². The molecule has 5 nitrogen and oxygen atoms in total. The van der Waals surface area contributed by atoms with Gasteiger partial charge < -0.3 is 5.32 Å². The van der Waals surface area contributed by atoms with Crippen molar-refractivity contribution in [3.05, 3.63) is 40.9 Å². The minimum atomic E-state index is -3.26. The van der Waals surface area contributed by atoms with Gasteiger partial charge in [-0.2, -0.15) is 0 Å². The summed E-state index contributed by atoms with van der Waals surface area (Å²) in [6.45, 7) is 4.31. The average molecular weight is 311 g/mol. The van der Waals surface area contributed by atoms with Crippen molar-refractivity contribution < 1.29 is 8.42 Å². The van der Waals surface area contributed by atoms with Gasteiger partial charge in [-0.25, -0.2) is 8.42 Å². The van der Waals surface area contributed by atoms with Gasteiger partial charge in [-0.1, -0.05) is 22.2 Å². The van der Waals surface area contributed by atoms with E-state index in [1.165, 1.54) is 11.5 Å². The molecule has 1 aromatic heterocycles. The van der Waals surface area contributed by atoms with Crippen molar-refractivity contribution in [2.75, 3.05) is 5.75 Å². The van der Waals surface area contributed by atoms with Crippen molar-refractivity contribution in [1.82, 2.24) is 14.9 Å². The van der Waals surface area contributed by atoms with E-state index >= 15 is 0 Å². The summed E-state index contributed by atoms with van der Waals surface area (Å²) in [6.07, 6.45) is 0. The zero-order chi connectivity index (χ0) is 14.6. The van der Waals surface area contributed by atoms with Crippen LogP contribution < -0.4 is 5.32 Å². The molecule has 1 atom stereocenters. The molecule has 1 N–H and O–H groups in total. The Morgan fingerprint density at radius 3 is 2.60 bits per heavy atom. The number of nitrogens with zero attached hydrogens (tertiary/aromatic N) is 2. The predicted molar refractivity (Wildman–Crippen MR) is 79.4 cm³/mol. The van der Waals surface area contributed by atoms with E-state index in [-0.39, 0.29) is 11.8 Å². The number of hydrogen-bond donors (Lipinski definition) is 1. The monoisotopic (exact) mass is 311 g/mol. The lowest BCUT2D eigenvalue weighted by molar-refractivity contribution is 0.552. The van der Waals surface area contributed by atoms with Crippen molar-refractivity contribution in [3.63, 3.8) is 0 Å². The summed E-state index contributed by atoms with van der Waals surface area (Å²) < 4.78 is 28.3. The molecule has 0 aliphatic rings. The minimum absolute atomic E-state index is 0.0631. The number of rotatable bonds is 6. The van der Waals surface area contributed by atoms with Crippen molar-refractivity contribution in [3.8, 4) is 0 Å². The van der Waals surface area contributed by atoms with E-state index < -0.39 is 9.84 Å². The molecule has 0 amide bonds. The number of aryl methyl sites for hydroxylation is 1. The van der Waals surface area contributed by atoms with Gasteiger partial charge in [-0.3, -0.25) is 0 Å². The average Bonchev–Trinajstić information content (AvgIpc) is 2.89. The van der Waals surface area contributed by atoms with Gasteiger partial charge in [-0.05, 0) is 37.5 Å². The molecule has 0 saturated heterocycles. The normalized spacial score (nSPS) is 13.3. The third-order valence-corrected chi connectivity index (χ3v) is 5.37. The Morgan fingerprint density at radius 2 is 2.00 bits per heavy atom. The third kappa shape index (κ3) is 4.09. The van der Waals surface area contributed by atoms with Crippen LogP contribution in [0.2, 0.25) is 0 Å². The van der Waals surface area contributed by atoms with Crippen LogP contribution in [0.4, 0.5) is 0 Å². The van der Waals surface area contributed by atoms with Crippen LogP contribution in [0.3, 0.4) is 0 Å². The maximum atomic E-state index is 12.2. The first kappa shape index (κ1) is 15.1. The van der Waals surface area contributed by atoms with Gasteiger partial charge in [0.15, 0.2) is 9.84 Å². The number of aromatic nitrogens is 2. The fourth-order valence-electron chi connectivity index (χ4n) is 1.77. The molecule has 108 valence electrons. The predicted octanol–water partition coefficient (Wildman–Crippen LogP) is 1.80. The highest BCUT2D eigenvalue weighted by Gasteiger charge is 2.18. The molecule has 2 aromatic rings. The van der Waals surface area contributed by atoms with Gasteiger partial charge >= 0.3 is 0 Å². The molecule has 0 spiro atoms. The van der Waals surface area contributed by atoms with E-state index in [0.717, 1.165) is 11.3 Å². The summed E-state index contributed by atoms with van der Waals surface area (Å²) in [7, 11) is -3.26. The lowest BCUT2D eigenvalue weighted by Gasteiger charge is -2.13. The molecule has 0 aliphatic heterocycles. The molecule has 0 fully saturated rings. The van der Waals surface area contributed by atoms with Crippen molar-refractivity contribution in [2.45, 2.75) is 31.3 Å². The summed E-state index contributed by atoms with van der Waals surface area (Å²) in [6, 6.07) is 6.78. The first-order valence-electron chi connectivity index (χ1n) is 6.26. The lowest BCUT2D eigenvalue weighted by atomic mass is 10.2. The summed E-state index contributed by atoms with van der Waals surface area (Å²) in [5, 5.41) is 8.90. The minimum Gasteiger partial charge on any atom is -0.308 e. The van der Waals surface area contributed by atoms with Gasteiger partial charge in [0.05, 0.1) is 16.3 Å². The molecule has 0 saturated carbocycles. The maximum Gasteiger partial charge on any atom is 0.179 e. The van der Waals surface area contributed by atoms with Crippen LogP contribution in [0.1, 0.15) is 18.2 Å². The highest BCUT2D eigenvalue weighted by molar-refractivity contribution is 7.91. The number of hydrogen-bond acceptors (Lipinski definition) is 6. The summed E-state index contributed by atoms with van der Waals surface area (Å²) in [5.41, 5.74) is 1.88. The van der Waals surface area contributed by atoms with Crippen molar-refractivity contribution in [2.24, 2.45) is 0 Å². The van der Waals surface area contributed by atoms with E-state index in [4.69, 9.17) is 0 Å². The molecule has 1 unspecified atom stereocenters. The molecule has 0 bridgehead atoms. The Bertz CT molecular complexity index is 637. The zero-order valence-corrected chi connectivity index (χ0v) is 13.0. The maximum absolute atomic E-state index is 12.2. The SMILES string of the molecule is Cc1ccc(S(=O)(=O)CC(C)NCc2csnn2)cc1. The second-order valence-electron chi connectivity index (χ2n) is 4.77. The van der Waals surface area contributed by atoms with Crippen molar-refractivity contribution in [1.29, 1.82) is 0 Å². The summed E-state index contributed by atoms with van der Waals surface area (Å²) in [4.78, 5) is 0.368. The Labute approximate surface area is 123 Å². The fraction of sp³-hybridized carbons (Fsp3) is 0.385. The Hall–Kier alpha value is -1.31. The van der Waals surface area contributed by atoms with Gasteiger partial charge in [0.25, 0.3) is 0 Å². The molecular formula is C13H17N3O2S2. The first-order valence-corrected chi connectivity index (χ1v) is 8.75. The standard InChI is InChI=1S/C13H17N3O2S2/c1-10-3-5-13(6-4-10)20(17,18)9-11(2)14-7-12-8-19-16-15-12/h3-6,8,11,14H,7,9H2,1-2H3. The largest absolute Gasteiger partial charge is 0.308 e. The van der Waals surface area contributed by atoms with Crippen LogP contribution in [-0.2, 0) is 16.4 Å². The third-order valence-electron chi connectivity index (χ3n) is 2.89. The molecule has 2 rings (SSSR count). The van der Waals surface area contributed by atoms with Gasteiger partial charge in [0.1, 0.15) is 0 Å². The molecule has 7 heteroatoms. The smallest absolute Gasteiger partial charge is 0.179 e. The molecule has 20 heavy (non-hydrogen) atoms. The molecule has 0 aliphatic carbocycles. The molecule has 1 aromatic carbocycles. The molecule has 0 radical (unpaired) electrons. The van der Waals surface area contributed by atoms with Gasteiger partial charge in [-0.15, -0.1) is 5.10 Å². The number of benzene rings is 1. The topological polar surface area (TPSA) is 72.0 Å². The Morgan fingerprint density at radius 1 is 1.30 bits per heavy atom. The van der Waals surface area contributed by atoms with E-state index in [2.05, 4.69) is 14.9 Å².